The summed E-state index contributed by atoms with van der Waals surface area (Å²) in [7, 11) is -4.71. The average molecular weight is 1200 g/mol. The van der Waals surface area contributed by atoms with Gasteiger partial charge in [-0.1, -0.05) is 60.6 Å². The lowest BCUT2D eigenvalue weighted by atomic mass is 9.32. The largest absolute Gasteiger partial charge is 0.432 e. The van der Waals surface area contributed by atoms with Gasteiger partial charge in [0.25, 0.3) is 0 Å². The van der Waals surface area contributed by atoms with E-state index < -0.39 is 205 Å². The number of aliphatic hydroxyl groups is 14. The molecule has 0 aromatic rings. The molecule has 82 heavy (non-hydrogen) atoms. The minimum absolute atomic E-state index is 0.00730. The summed E-state index contributed by atoms with van der Waals surface area (Å²) in [5, 5.41) is 152. The van der Waals surface area contributed by atoms with E-state index in [0.717, 1.165) is 0 Å². The van der Waals surface area contributed by atoms with Crippen molar-refractivity contribution in [3.8, 4) is 0 Å². The van der Waals surface area contributed by atoms with Crippen LogP contribution in [0, 0.1) is 56.2 Å². The minimum atomic E-state index is -4.71. The van der Waals surface area contributed by atoms with E-state index in [1.807, 2.05) is 13.8 Å². The summed E-state index contributed by atoms with van der Waals surface area (Å²) in [5.41, 5.74) is -3.77. The van der Waals surface area contributed by atoms with Crippen LogP contribution in [0.2, 0.25) is 0 Å². The number of ether oxygens (including phenoxy) is 8. The molecule has 0 aromatic heterocycles. The highest BCUT2D eigenvalue weighted by Gasteiger charge is 2.73. The van der Waals surface area contributed by atoms with Crippen molar-refractivity contribution in [3.05, 3.63) is 12.2 Å². The topological polar surface area (TPSA) is 438 Å². The monoisotopic (exact) mass is 1200 g/mol. The fraction of sp³-hybridized carbons (Fsp3) is 0.944. The van der Waals surface area contributed by atoms with Gasteiger partial charge in [-0.2, -0.15) is 8.42 Å². The molecule has 4 heterocycles. The molecule has 30 atom stereocenters. The third-order valence-corrected chi connectivity index (χ3v) is 22.1. The Bertz CT molecular complexity index is 2400. The van der Waals surface area contributed by atoms with Gasteiger partial charge in [0.15, 0.2) is 18.9 Å². The molecule has 4 aliphatic heterocycles. The molecule has 0 aromatic carbocycles. The third kappa shape index (κ3) is 11.0. The van der Waals surface area contributed by atoms with E-state index in [0.29, 0.717) is 38.5 Å². The molecule has 0 amide bonds. The van der Waals surface area contributed by atoms with Crippen LogP contribution in [0.3, 0.4) is 0 Å². The SMILES string of the molecule is CC1(C)CCC2(C(=O)OC3OC(COC4OC(COC5OC(CO)C(O)C(O)C5OC5OC(CO)C(O)C(O)C5O)C(O)C(O)C4O)C(O)C(O)C3O)C(O)CC3(C)C(C=CC4C5(C)CCC(OS(=O)(=O)O)C(C)(C)C5CCC43C)C2C1. The van der Waals surface area contributed by atoms with Gasteiger partial charge in [0.1, 0.15) is 97.7 Å². The Balaban J connectivity index is 0.891. The first-order chi connectivity index (χ1) is 38.1. The zero-order valence-corrected chi connectivity index (χ0v) is 48.0. The highest BCUT2D eigenvalue weighted by atomic mass is 32.3. The lowest BCUT2D eigenvalue weighted by molar-refractivity contribution is -0.373. The zero-order chi connectivity index (χ0) is 60.4. The second-order valence-electron chi connectivity index (χ2n) is 27.0. The Kier molecular flexibility index (Phi) is 18.4. The molecule has 0 radical (unpaired) electrons. The number of rotatable bonds is 14. The van der Waals surface area contributed by atoms with Gasteiger partial charge in [-0.3, -0.25) is 9.35 Å². The Labute approximate surface area is 475 Å². The van der Waals surface area contributed by atoms with Crippen LogP contribution in [0.25, 0.3) is 0 Å². The van der Waals surface area contributed by atoms with E-state index in [9.17, 15) is 84.5 Å². The third-order valence-electron chi connectivity index (χ3n) is 21.7. The molecule has 4 saturated carbocycles. The smallest absolute Gasteiger partial charge is 0.397 e. The number of allylic oxidation sites excluding steroid dienone is 2. The van der Waals surface area contributed by atoms with E-state index in [-0.39, 0.29) is 41.4 Å². The number of fused-ring (bicyclic) bond motifs is 7. The summed E-state index contributed by atoms with van der Waals surface area (Å²) >= 11 is 0. The van der Waals surface area contributed by atoms with Crippen LogP contribution in [0.15, 0.2) is 12.2 Å². The summed E-state index contributed by atoms with van der Waals surface area (Å²) in [6.07, 6.45) is -30.5. The molecule has 27 nitrogen and oxygen atoms in total. The first kappa shape index (κ1) is 64.7. The van der Waals surface area contributed by atoms with Crippen LogP contribution in [0.5, 0.6) is 0 Å². The first-order valence-electron chi connectivity index (χ1n) is 28.6. The van der Waals surface area contributed by atoms with Crippen LogP contribution in [0.4, 0.5) is 0 Å². The summed E-state index contributed by atoms with van der Waals surface area (Å²) in [6, 6.07) is 0. The summed E-state index contributed by atoms with van der Waals surface area (Å²) in [6.45, 7) is 11.6. The van der Waals surface area contributed by atoms with Crippen LogP contribution in [-0.4, -0.2) is 252 Å². The van der Waals surface area contributed by atoms with Gasteiger partial charge in [-0.15, -0.1) is 0 Å². The van der Waals surface area contributed by atoms with Crippen molar-refractivity contribution in [3.63, 3.8) is 0 Å². The maximum Gasteiger partial charge on any atom is 0.397 e. The van der Waals surface area contributed by atoms with Crippen LogP contribution in [-0.2, 0) is 57.3 Å². The molecular weight excluding hydrogens is 1110 g/mol. The summed E-state index contributed by atoms with van der Waals surface area (Å²) in [5.74, 6) is -1.65. The van der Waals surface area contributed by atoms with Crippen molar-refractivity contribution in [2.75, 3.05) is 26.4 Å². The lowest BCUT2D eigenvalue weighted by Crippen LogP contribution is -2.70. The molecule has 15 N–H and O–H groups in total. The van der Waals surface area contributed by atoms with Crippen molar-refractivity contribution in [2.24, 2.45) is 56.2 Å². The van der Waals surface area contributed by atoms with Gasteiger partial charge in [0, 0.05) is 0 Å². The van der Waals surface area contributed by atoms with Crippen molar-refractivity contribution >= 4 is 16.4 Å². The molecular formula is C54H88O27S. The minimum Gasteiger partial charge on any atom is -0.432 e. The second-order valence-corrected chi connectivity index (χ2v) is 28.1. The Morgan fingerprint density at radius 2 is 1.07 bits per heavy atom. The molecule has 28 heteroatoms. The number of hydrogen-bond donors (Lipinski definition) is 15. The molecule has 4 saturated heterocycles. The van der Waals surface area contributed by atoms with Crippen LogP contribution >= 0.6 is 0 Å². The standard InChI is InChI=1S/C54H88O27S/c1-49(2)14-15-54(23(16-49)22-8-9-29-51(5)12-11-31(81-82(70,71)72)50(3,4)28(51)10-13-52(29,6)53(22,7)17-30(54)57)48(69)80-46-42(68)38(64)35(61)27(78-46)20-73-44-40(66)37(63)34(60)26(77-44)21-74-47-43(39(65)33(59)25(19-56)76-47)79-45-41(67)36(62)32(58)24(18-55)75-45/h8-9,22-47,55-68H,10-21H2,1-7H3,(H,70,71,72). The lowest BCUT2D eigenvalue weighted by Gasteiger charge is -2.72. The van der Waals surface area contributed by atoms with Crippen LogP contribution < -0.4 is 0 Å². The van der Waals surface area contributed by atoms with Crippen molar-refractivity contribution < 1.29 is 131 Å². The molecule has 0 bridgehead atoms. The number of hydrogen-bond acceptors (Lipinski definition) is 26. The maximum atomic E-state index is 15.2. The highest BCUT2D eigenvalue weighted by molar-refractivity contribution is 7.80. The van der Waals surface area contributed by atoms with E-state index in [1.165, 1.54) is 0 Å². The Morgan fingerprint density at radius 3 is 1.66 bits per heavy atom. The van der Waals surface area contributed by atoms with Gasteiger partial charge < -0.3 is 109 Å². The quantitative estimate of drug-likeness (QED) is 0.0458. The fourth-order valence-electron chi connectivity index (χ4n) is 16.7. The van der Waals surface area contributed by atoms with Gasteiger partial charge in [0.05, 0.1) is 44.1 Å². The zero-order valence-electron chi connectivity index (χ0n) is 47.2. The van der Waals surface area contributed by atoms with Crippen molar-refractivity contribution in [1.29, 1.82) is 0 Å². The normalized spacial score (nSPS) is 52.8. The average Bonchev–Trinajstić information content (AvgIpc) is 1.37. The van der Waals surface area contributed by atoms with E-state index in [4.69, 9.17) is 42.1 Å². The molecule has 9 aliphatic rings. The predicted octanol–water partition coefficient (Wildman–Crippen LogP) is -3.38. The maximum absolute atomic E-state index is 15.2. The number of aliphatic hydroxyl groups excluding tert-OH is 14. The van der Waals surface area contributed by atoms with Gasteiger partial charge in [-0.25, -0.2) is 4.18 Å². The second kappa shape index (κ2) is 23.3. The van der Waals surface area contributed by atoms with Crippen molar-refractivity contribution in [2.45, 2.75) is 235 Å². The first-order valence-corrected chi connectivity index (χ1v) is 29.9. The van der Waals surface area contributed by atoms with Gasteiger partial charge in [-0.05, 0) is 102 Å². The number of carbonyl (C=O) groups excluding carboxylic acids is 1. The molecule has 9 rings (SSSR count). The van der Waals surface area contributed by atoms with E-state index in [1.54, 1.807) is 0 Å². The van der Waals surface area contributed by atoms with Gasteiger partial charge in [0.2, 0.25) is 6.29 Å². The molecule has 8 fully saturated rings. The number of carbonyl (C=O) groups is 1. The fourth-order valence-corrected chi connectivity index (χ4v) is 17.3. The van der Waals surface area contributed by atoms with E-state index >= 15 is 4.79 Å². The van der Waals surface area contributed by atoms with Crippen LogP contribution in [0.1, 0.15) is 99.8 Å². The Morgan fingerprint density at radius 1 is 0.561 bits per heavy atom. The van der Waals surface area contributed by atoms with E-state index in [2.05, 4.69) is 46.8 Å². The van der Waals surface area contributed by atoms with Crippen molar-refractivity contribution in [1.82, 2.24) is 0 Å². The Hall–Kier alpha value is -1.76. The van der Waals surface area contributed by atoms with Gasteiger partial charge >= 0.3 is 16.4 Å². The molecule has 5 aliphatic carbocycles. The molecule has 30 unspecified atom stereocenters. The molecule has 0 spiro atoms. The summed E-state index contributed by atoms with van der Waals surface area (Å²) in [4.78, 5) is 15.2. The highest BCUT2D eigenvalue weighted by Crippen LogP contribution is 2.76. The predicted molar refractivity (Wildman–Crippen MR) is 275 cm³/mol. The number of esters is 1. The molecule has 472 valence electrons. The summed E-state index contributed by atoms with van der Waals surface area (Å²) < 4.78 is 85.0.